The Bertz CT molecular complexity index is 399. The number of carbonyl (C=O) groups is 1. The summed E-state index contributed by atoms with van der Waals surface area (Å²) in [6.07, 6.45) is 8.56. The first kappa shape index (κ1) is 17.2. The Labute approximate surface area is 130 Å². The third-order valence-electron chi connectivity index (χ3n) is 3.32. The summed E-state index contributed by atoms with van der Waals surface area (Å²) in [5.41, 5.74) is 0.722. The zero-order valence-corrected chi connectivity index (χ0v) is 14.2. The highest BCUT2D eigenvalue weighted by molar-refractivity contribution is 9.10. The molecule has 0 bridgehead atoms. The molecule has 112 valence electrons. The lowest BCUT2D eigenvalue weighted by atomic mass is 10.1. The Morgan fingerprint density at radius 2 is 1.75 bits per heavy atom. The van der Waals surface area contributed by atoms with Gasteiger partial charge in [0.25, 0.3) is 5.91 Å². The van der Waals surface area contributed by atoms with Crippen molar-refractivity contribution in [1.29, 1.82) is 0 Å². The summed E-state index contributed by atoms with van der Waals surface area (Å²) in [6.45, 7) is 6.08. The molecular weight excluding hydrogens is 316 g/mol. The summed E-state index contributed by atoms with van der Waals surface area (Å²) >= 11 is 3.33. The van der Waals surface area contributed by atoms with Crippen LogP contribution in [0, 0.1) is 0 Å². The Morgan fingerprint density at radius 1 is 1.15 bits per heavy atom. The molecule has 4 heteroatoms. The van der Waals surface area contributed by atoms with Crippen LogP contribution in [0.15, 0.2) is 22.9 Å². The van der Waals surface area contributed by atoms with E-state index in [-0.39, 0.29) is 5.91 Å². The maximum absolute atomic E-state index is 12.6. The van der Waals surface area contributed by atoms with Crippen molar-refractivity contribution in [2.45, 2.75) is 52.4 Å². The number of halogens is 1. The second-order valence-corrected chi connectivity index (χ2v) is 5.89. The molecule has 0 aliphatic carbocycles. The van der Waals surface area contributed by atoms with Crippen molar-refractivity contribution in [2.75, 3.05) is 13.1 Å². The molecule has 0 aliphatic rings. The van der Waals surface area contributed by atoms with Crippen LogP contribution in [-0.4, -0.2) is 28.9 Å². The molecule has 1 heterocycles. The molecule has 20 heavy (non-hydrogen) atoms. The average Bonchev–Trinajstić information content (AvgIpc) is 2.45. The molecule has 0 radical (unpaired) electrons. The first-order chi connectivity index (χ1) is 9.69. The summed E-state index contributed by atoms with van der Waals surface area (Å²) in [5, 5.41) is 0. The molecule has 0 spiro atoms. The van der Waals surface area contributed by atoms with Gasteiger partial charge in [-0.1, -0.05) is 39.5 Å². The molecule has 0 fully saturated rings. The minimum atomic E-state index is 0.125. The molecule has 0 unspecified atom stereocenters. The van der Waals surface area contributed by atoms with Crippen molar-refractivity contribution in [3.63, 3.8) is 0 Å². The molecule has 1 aromatic heterocycles. The highest BCUT2D eigenvalue weighted by Crippen LogP contribution is 2.12. The standard InChI is InChI=1S/C16H25BrN2O/c1-3-5-7-11-19(12-8-6-4-2)16(20)14-9-10-18-15(17)13-14/h9-10,13H,3-8,11-12H2,1-2H3. The van der Waals surface area contributed by atoms with E-state index >= 15 is 0 Å². The Balaban J connectivity index is 2.66. The average molecular weight is 341 g/mol. The monoisotopic (exact) mass is 340 g/mol. The largest absolute Gasteiger partial charge is 0.339 e. The van der Waals surface area contributed by atoms with Crippen molar-refractivity contribution in [2.24, 2.45) is 0 Å². The van der Waals surface area contributed by atoms with E-state index in [1.165, 1.54) is 25.7 Å². The van der Waals surface area contributed by atoms with Gasteiger partial charge >= 0.3 is 0 Å². The maximum Gasteiger partial charge on any atom is 0.254 e. The normalized spacial score (nSPS) is 10.6. The predicted molar refractivity (Wildman–Crippen MR) is 86.9 cm³/mol. The van der Waals surface area contributed by atoms with Gasteiger partial charge in [-0.05, 0) is 40.9 Å². The van der Waals surface area contributed by atoms with Crippen molar-refractivity contribution in [3.8, 4) is 0 Å². The van der Waals surface area contributed by atoms with Crippen molar-refractivity contribution >= 4 is 21.8 Å². The van der Waals surface area contributed by atoms with E-state index in [1.54, 1.807) is 18.3 Å². The fraction of sp³-hybridized carbons (Fsp3) is 0.625. The second-order valence-electron chi connectivity index (χ2n) is 5.07. The Hall–Kier alpha value is -0.900. The number of nitrogens with zero attached hydrogens (tertiary/aromatic N) is 2. The molecule has 0 saturated heterocycles. The number of rotatable bonds is 9. The van der Waals surface area contributed by atoms with Crippen molar-refractivity contribution < 1.29 is 4.79 Å². The van der Waals surface area contributed by atoms with Gasteiger partial charge in [0.05, 0.1) is 0 Å². The predicted octanol–water partition coefficient (Wildman–Crippen LogP) is 4.67. The summed E-state index contributed by atoms with van der Waals surface area (Å²) < 4.78 is 0.713. The van der Waals surface area contributed by atoms with Crippen LogP contribution in [0.2, 0.25) is 0 Å². The third-order valence-corrected chi connectivity index (χ3v) is 3.76. The number of carbonyl (C=O) groups excluding carboxylic acids is 1. The van der Waals surface area contributed by atoms with Crippen LogP contribution in [0.1, 0.15) is 62.7 Å². The lowest BCUT2D eigenvalue weighted by Crippen LogP contribution is -2.33. The van der Waals surface area contributed by atoms with E-state index in [2.05, 4.69) is 34.8 Å². The minimum absolute atomic E-state index is 0.125. The van der Waals surface area contributed by atoms with Gasteiger partial charge in [-0.2, -0.15) is 0 Å². The van der Waals surface area contributed by atoms with Gasteiger partial charge in [0.2, 0.25) is 0 Å². The summed E-state index contributed by atoms with van der Waals surface area (Å²) in [4.78, 5) is 18.6. The fourth-order valence-corrected chi connectivity index (χ4v) is 2.50. The molecule has 0 atom stereocenters. The van der Waals surface area contributed by atoms with Gasteiger partial charge in [0.15, 0.2) is 0 Å². The number of pyridine rings is 1. The molecule has 1 rings (SSSR count). The van der Waals surface area contributed by atoms with E-state index in [0.717, 1.165) is 31.5 Å². The number of amides is 1. The first-order valence-electron chi connectivity index (χ1n) is 7.59. The van der Waals surface area contributed by atoms with Crippen LogP contribution in [0.4, 0.5) is 0 Å². The van der Waals surface area contributed by atoms with Crippen molar-refractivity contribution in [3.05, 3.63) is 28.5 Å². The van der Waals surface area contributed by atoms with Gasteiger partial charge in [0.1, 0.15) is 4.60 Å². The van der Waals surface area contributed by atoms with Crippen LogP contribution in [0.3, 0.4) is 0 Å². The quantitative estimate of drug-likeness (QED) is 0.483. The second kappa shape index (κ2) is 9.92. The molecule has 1 aromatic rings. The molecule has 0 aromatic carbocycles. The Kier molecular flexibility index (Phi) is 8.51. The molecule has 0 saturated carbocycles. The SMILES string of the molecule is CCCCCN(CCCCC)C(=O)c1ccnc(Br)c1. The highest BCUT2D eigenvalue weighted by atomic mass is 79.9. The van der Waals surface area contributed by atoms with Gasteiger partial charge in [-0.25, -0.2) is 4.98 Å². The zero-order valence-electron chi connectivity index (χ0n) is 12.6. The zero-order chi connectivity index (χ0) is 14.8. The van der Waals surface area contributed by atoms with Gasteiger partial charge in [-0.15, -0.1) is 0 Å². The van der Waals surface area contributed by atoms with Crippen LogP contribution in [0.25, 0.3) is 0 Å². The van der Waals surface area contributed by atoms with E-state index < -0.39 is 0 Å². The first-order valence-corrected chi connectivity index (χ1v) is 8.39. The number of hydrogen-bond donors (Lipinski definition) is 0. The van der Waals surface area contributed by atoms with E-state index in [0.29, 0.717) is 4.60 Å². The third kappa shape index (κ3) is 6.04. The molecule has 3 nitrogen and oxygen atoms in total. The van der Waals surface area contributed by atoms with Crippen LogP contribution < -0.4 is 0 Å². The van der Waals surface area contributed by atoms with E-state index in [9.17, 15) is 4.79 Å². The highest BCUT2D eigenvalue weighted by Gasteiger charge is 2.15. The van der Waals surface area contributed by atoms with Crippen LogP contribution in [-0.2, 0) is 0 Å². The van der Waals surface area contributed by atoms with Crippen LogP contribution >= 0.6 is 15.9 Å². The van der Waals surface area contributed by atoms with E-state index in [1.807, 2.05) is 4.90 Å². The number of unbranched alkanes of at least 4 members (excludes halogenated alkanes) is 4. The van der Waals surface area contributed by atoms with Crippen LogP contribution in [0.5, 0.6) is 0 Å². The Morgan fingerprint density at radius 3 is 2.25 bits per heavy atom. The van der Waals surface area contributed by atoms with Crippen molar-refractivity contribution in [1.82, 2.24) is 9.88 Å². The van der Waals surface area contributed by atoms with Gasteiger partial charge in [0, 0.05) is 24.8 Å². The molecule has 0 N–H and O–H groups in total. The smallest absolute Gasteiger partial charge is 0.254 e. The summed E-state index contributed by atoms with van der Waals surface area (Å²) in [7, 11) is 0. The molecule has 1 amide bonds. The van der Waals surface area contributed by atoms with Gasteiger partial charge < -0.3 is 4.90 Å². The van der Waals surface area contributed by atoms with Gasteiger partial charge in [-0.3, -0.25) is 4.79 Å². The minimum Gasteiger partial charge on any atom is -0.339 e. The summed E-state index contributed by atoms with van der Waals surface area (Å²) in [5.74, 6) is 0.125. The molecular formula is C16H25BrN2O. The lowest BCUT2D eigenvalue weighted by Gasteiger charge is -2.23. The lowest BCUT2D eigenvalue weighted by molar-refractivity contribution is 0.0749. The topological polar surface area (TPSA) is 33.2 Å². The maximum atomic E-state index is 12.6. The fourth-order valence-electron chi connectivity index (χ4n) is 2.14. The van der Waals surface area contributed by atoms with E-state index in [4.69, 9.17) is 0 Å². The molecule has 0 aliphatic heterocycles. The summed E-state index contributed by atoms with van der Waals surface area (Å²) in [6, 6.07) is 3.59. The number of aromatic nitrogens is 1. The number of hydrogen-bond acceptors (Lipinski definition) is 2.